The zero-order chi connectivity index (χ0) is 8.55. The summed E-state index contributed by atoms with van der Waals surface area (Å²) in [4.78, 5) is 14.2. The van der Waals surface area contributed by atoms with Crippen molar-refractivity contribution in [3.05, 3.63) is 24.5 Å². The first kappa shape index (κ1) is 6.71. The van der Waals surface area contributed by atoms with E-state index in [1.54, 1.807) is 0 Å². The van der Waals surface area contributed by atoms with Crippen LogP contribution in [0.1, 0.15) is 0 Å². The molecule has 6 heteroatoms. The molecule has 6 nitrogen and oxygen atoms in total. The molecule has 0 fully saturated rings. The van der Waals surface area contributed by atoms with Gasteiger partial charge in [-0.1, -0.05) is 0 Å². The van der Waals surface area contributed by atoms with Crippen LogP contribution >= 0.6 is 0 Å². The van der Waals surface area contributed by atoms with Crippen LogP contribution in [0.3, 0.4) is 0 Å². The van der Waals surface area contributed by atoms with E-state index in [4.69, 9.17) is 9.84 Å². The summed E-state index contributed by atoms with van der Waals surface area (Å²) in [6.45, 7) is 0. The molecule has 0 amide bonds. The predicted octanol–water partition coefficient (Wildman–Crippen LogP) is -0.410. The van der Waals surface area contributed by atoms with E-state index in [0.29, 0.717) is 5.82 Å². The molecule has 0 saturated carbocycles. The number of rotatable bonds is 1. The topological polar surface area (TPSA) is 74.2 Å². The van der Waals surface area contributed by atoms with Crippen LogP contribution in [-0.4, -0.2) is 21.9 Å². The largest absolute Gasteiger partial charge is 0.475 e. The van der Waals surface area contributed by atoms with Gasteiger partial charge in [0, 0.05) is 0 Å². The van der Waals surface area contributed by atoms with E-state index in [1.165, 1.54) is 23.7 Å². The number of hydrazine groups is 1. The molecule has 0 aromatic rings. The van der Waals surface area contributed by atoms with Gasteiger partial charge in [-0.15, -0.1) is 0 Å². The summed E-state index contributed by atoms with van der Waals surface area (Å²) in [6, 6.07) is 0. The molecule has 2 heterocycles. The van der Waals surface area contributed by atoms with Crippen LogP contribution in [0.25, 0.3) is 0 Å². The second kappa shape index (κ2) is 2.26. The smallest absolute Gasteiger partial charge is 0.373 e. The zero-order valence-electron chi connectivity index (χ0n) is 5.89. The first-order chi connectivity index (χ1) is 5.77. The van der Waals surface area contributed by atoms with Crippen molar-refractivity contribution in [2.45, 2.75) is 0 Å². The average molecular weight is 167 g/mol. The van der Waals surface area contributed by atoms with Crippen molar-refractivity contribution in [3.63, 3.8) is 0 Å². The number of carboxylic acid groups (broad SMARTS) is 1. The Morgan fingerprint density at radius 3 is 3.25 bits per heavy atom. The maximum absolute atomic E-state index is 10.4. The number of fused-ring (bicyclic) bond motifs is 1. The molecular weight excluding hydrogens is 162 g/mol. The summed E-state index contributed by atoms with van der Waals surface area (Å²) in [7, 11) is 0. The molecule has 0 radical (unpaired) electrons. The lowest BCUT2D eigenvalue weighted by molar-refractivity contribution is -0.129. The van der Waals surface area contributed by atoms with Crippen LogP contribution in [0.2, 0.25) is 0 Å². The molecule has 2 N–H and O–H groups in total. The van der Waals surface area contributed by atoms with Crippen molar-refractivity contribution in [2.75, 3.05) is 0 Å². The lowest BCUT2D eigenvalue weighted by atomic mass is 10.6. The van der Waals surface area contributed by atoms with E-state index in [-0.39, 0.29) is 5.84 Å². The number of ether oxygens (including phenoxy) is 1. The Morgan fingerprint density at radius 2 is 2.58 bits per heavy atom. The second-order valence-electron chi connectivity index (χ2n) is 2.14. The van der Waals surface area contributed by atoms with Gasteiger partial charge in [0.15, 0.2) is 5.82 Å². The van der Waals surface area contributed by atoms with Crippen molar-refractivity contribution in [2.24, 2.45) is 4.99 Å². The molecule has 0 aromatic heterocycles. The number of amidine groups is 1. The number of hydrogen-bond donors (Lipinski definition) is 2. The number of hydrogen-bond acceptors (Lipinski definition) is 5. The molecule has 0 atom stereocenters. The summed E-state index contributed by atoms with van der Waals surface area (Å²) < 4.78 is 4.79. The number of carboxylic acids is 1. The van der Waals surface area contributed by atoms with Crippen LogP contribution in [0, 0.1) is 0 Å². The highest BCUT2D eigenvalue weighted by molar-refractivity contribution is 6.35. The third-order valence-electron chi connectivity index (χ3n) is 1.36. The Kier molecular flexibility index (Phi) is 1.26. The first-order valence-corrected chi connectivity index (χ1v) is 3.17. The molecular formula is C6H5N3O3. The Labute approximate surface area is 67.4 Å². The lowest BCUT2D eigenvalue weighted by Crippen LogP contribution is -2.35. The molecule has 0 aliphatic carbocycles. The third-order valence-corrected chi connectivity index (χ3v) is 1.36. The summed E-state index contributed by atoms with van der Waals surface area (Å²) in [5.41, 5.74) is 2.54. The fourth-order valence-corrected chi connectivity index (χ4v) is 0.853. The number of carbonyl (C=O) groups is 1. The van der Waals surface area contributed by atoms with Crippen LogP contribution in [0.4, 0.5) is 0 Å². The second-order valence-corrected chi connectivity index (χ2v) is 2.14. The lowest BCUT2D eigenvalue weighted by Gasteiger charge is -2.15. The molecule has 2 aliphatic rings. The van der Waals surface area contributed by atoms with Crippen molar-refractivity contribution in [1.29, 1.82) is 0 Å². The van der Waals surface area contributed by atoms with Gasteiger partial charge >= 0.3 is 5.97 Å². The fourth-order valence-electron chi connectivity index (χ4n) is 0.853. The molecule has 0 spiro atoms. The van der Waals surface area contributed by atoms with Crippen LogP contribution in [0.5, 0.6) is 0 Å². The van der Waals surface area contributed by atoms with Gasteiger partial charge in [-0.3, -0.25) is 5.43 Å². The number of nitrogens with zero attached hydrogens (tertiary/aromatic N) is 2. The molecule has 62 valence electrons. The maximum atomic E-state index is 10.4. The van der Waals surface area contributed by atoms with Crippen molar-refractivity contribution >= 4 is 11.8 Å². The standard InChI is InChI=1S/C6H5N3O3/c10-6(11)5-7-4-3-12-2-1-9(4)8-5/h1-3H,(H,7,8)(H,10,11). The molecule has 2 aliphatic heterocycles. The van der Waals surface area contributed by atoms with E-state index >= 15 is 0 Å². The predicted molar refractivity (Wildman–Crippen MR) is 38.4 cm³/mol. The van der Waals surface area contributed by atoms with E-state index in [2.05, 4.69) is 10.4 Å². The number of nitrogens with one attached hydrogen (secondary N) is 1. The summed E-state index contributed by atoms with van der Waals surface area (Å²) in [5.74, 6) is -0.787. The van der Waals surface area contributed by atoms with Gasteiger partial charge in [0.1, 0.15) is 12.5 Å². The Balaban J connectivity index is 2.26. The Bertz CT molecular complexity index is 318. The van der Waals surface area contributed by atoms with Gasteiger partial charge in [-0.2, -0.15) is 4.99 Å². The van der Waals surface area contributed by atoms with Crippen LogP contribution in [-0.2, 0) is 9.53 Å². The van der Waals surface area contributed by atoms with Gasteiger partial charge in [-0.05, 0) is 0 Å². The van der Waals surface area contributed by atoms with Crippen molar-refractivity contribution in [3.8, 4) is 0 Å². The van der Waals surface area contributed by atoms with E-state index in [9.17, 15) is 4.79 Å². The monoisotopic (exact) mass is 167 g/mol. The van der Waals surface area contributed by atoms with Gasteiger partial charge in [0.25, 0.3) is 0 Å². The number of aliphatic imine (C=N–C) groups is 1. The van der Waals surface area contributed by atoms with E-state index in [1.807, 2.05) is 0 Å². The minimum Gasteiger partial charge on any atom is -0.475 e. The zero-order valence-corrected chi connectivity index (χ0v) is 5.89. The maximum Gasteiger partial charge on any atom is 0.373 e. The highest BCUT2D eigenvalue weighted by Gasteiger charge is 2.24. The third kappa shape index (κ3) is 0.895. The Morgan fingerprint density at radius 1 is 1.75 bits per heavy atom. The minimum atomic E-state index is -1.10. The highest BCUT2D eigenvalue weighted by Crippen LogP contribution is 2.14. The van der Waals surface area contributed by atoms with Crippen molar-refractivity contribution < 1.29 is 14.6 Å². The summed E-state index contributed by atoms with van der Waals surface area (Å²) >= 11 is 0. The van der Waals surface area contributed by atoms with Gasteiger partial charge in [-0.25, -0.2) is 9.80 Å². The molecule has 0 saturated heterocycles. The Hall–Kier alpha value is -1.98. The van der Waals surface area contributed by atoms with Gasteiger partial charge in [0.2, 0.25) is 5.84 Å². The molecule has 0 bridgehead atoms. The summed E-state index contributed by atoms with van der Waals surface area (Å²) in [6.07, 6.45) is 4.30. The van der Waals surface area contributed by atoms with E-state index in [0.717, 1.165) is 0 Å². The molecule has 2 rings (SSSR count). The fraction of sp³-hybridized carbons (Fsp3) is 0. The number of aliphatic carboxylic acids is 1. The normalized spacial score (nSPS) is 18.8. The highest BCUT2D eigenvalue weighted by atomic mass is 16.5. The SMILES string of the molecule is O=C(O)C1=NC2=COC=CN2N1. The summed E-state index contributed by atoms with van der Waals surface area (Å²) in [5, 5.41) is 10.00. The quantitative estimate of drug-likeness (QED) is 0.555. The average Bonchev–Trinajstić information content (AvgIpc) is 2.46. The first-order valence-electron chi connectivity index (χ1n) is 3.17. The molecule has 12 heavy (non-hydrogen) atoms. The molecule has 0 unspecified atom stereocenters. The minimum absolute atomic E-state index is 0.114. The van der Waals surface area contributed by atoms with Crippen LogP contribution < -0.4 is 5.43 Å². The van der Waals surface area contributed by atoms with E-state index < -0.39 is 5.97 Å². The van der Waals surface area contributed by atoms with Crippen molar-refractivity contribution in [1.82, 2.24) is 10.4 Å². The van der Waals surface area contributed by atoms with Gasteiger partial charge < -0.3 is 9.84 Å². The molecule has 0 aromatic carbocycles. The van der Waals surface area contributed by atoms with Gasteiger partial charge in [0.05, 0.1) is 6.20 Å². The van der Waals surface area contributed by atoms with Crippen LogP contribution in [0.15, 0.2) is 29.5 Å².